The van der Waals surface area contributed by atoms with Crippen LogP contribution in [-0.2, 0) is 4.74 Å². The zero-order valence-electron chi connectivity index (χ0n) is 12.8. The maximum atomic E-state index is 5.86. The van der Waals surface area contributed by atoms with Gasteiger partial charge in [0, 0.05) is 7.11 Å². The molecule has 0 aromatic rings. The lowest BCUT2D eigenvalue weighted by molar-refractivity contribution is 0.0601. The van der Waals surface area contributed by atoms with Crippen LogP contribution in [0.25, 0.3) is 0 Å². The molecule has 0 aromatic heterocycles. The zero-order valence-corrected chi connectivity index (χ0v) is 12.8. The first-order valence-electron chi connectivity index (χ1n) is 8.32. The summed E-state index contributed by atoms with van der Waals surface area (Å²) in [7, 11) is 1.90. The normalized spacial score (nSPS) is 24.2. The Kier molecular flexibility index (Phi) is 6.39. The fourth-order valence-corrected chi connectivity index (χ4v) is 3.28. The number of hydrogen-bond acceptors (Lipinski definition) is 2. The van der Waals surface area contributed by atoms with Crippen molar-refractivity contribution < 1.29 is 4.74 Å². The predicted octanol–water partition coefficient (Wildman–Crippen LogP) is 4.06. The first-order chi connectivity index (χ1) is 9.36. The quantitative estimate of drug-likeness (QED) is 0.701. The molecule has 2 heteroatoms. The van der Waals surface area contributed by atoms with Gasteiger partial charge < -0.3 is 10.1 Å². The average Bonchev–Trinajstić information content (AvgIpc) is 3.19. The molecule has 2 unspecified atom stereocenters. The van der Waals surface area contributed by atoms with Gasteiger partial charge in [0.2, 0.25) is 0 Å². The summed E-state index contributed by atoms with van der Waals surface area (Å²) in [6, 6.07) is 0.468. The van der Waals surface area contributed by atoms with Crippen LogP contribution < -0.4 is 5.32 Å². The fraction of sp³-hybridized carbons (Fsp3) is 0.882. The molecule has 1 fully saturated rings. The van der Waals surface area contributed by atoms with E-state index >= 15 is 0 Å². The maximum absolute atomic E-state index is 5.86. The molecule has 1 saturated carbocycles. The number of rotatable bonds is 7. The Hall–Kier alpha value is -0.340. The standard InChI is InChI=1S/C17H31NO/c1-3-13-18-16(17(19-2)15-11-12-15)14-9-7-5-4-6-8-10-14/h9,15-18H,3-8,10-13H2,1-2H3. The minimum Gasteiger partial charge on any atom is -0.379 e. The molecule has 2 atom stereocenters. The van der Waals surface area contributed by atoms with Gasteiger partial charge in [0.15, 0.2) is 0 Å². The van der Waals surface area contributed by atoms with Crippen LogP contribution in [0.5, 0.6) is 0 Å². The van der Waals surface area contributed by atoms with Crippen molar-refractivity contribution in [2.45, 2.75) is 76.9 Å². The first kappa shape index (κ1) is 15.1. The zero-order chi connectivity index (χ0) is 13.5. The first-order valence-corrected chi connectivity index (χ1v) is 8.32. The van der Waals surface area contributed by atoms with E-state index in [0.29, 0.717) is 12.1 Å². The Morgan fingerprint density at radius 3 is 2.74 bits per heavy atom. The molecule has 0 heterocycles. The summed E-state index contributed by atoms with van der Waals surface area (Å²) in [6.07, 6.45) is 14.9. The molecular weight excluding hydrogens is 234 g/mol. The van der Waals surface area contributed by atoms with Crippen molar-refractivity contribution in [1.29, 1.82) is 0 Å². The molecule has 2 rings (SSSR count). The van der Waals surface area contributed by atoms with E-state index in [2.05, 4.69) is 18.3 Å². The Morgan fingerprint density at radius 2 is 2.05 bits per heavy atom. The third-order valence-corrected chi connectivity index (χ3v) is 4.53. The second kappa shape index (κ2) is 8.06. The second-order valence-corrected chi connectivity index (χ2v) is 6.20. The number of nitrogens with one attached hydrogen (secondary N) is 1. The molecule has 0 aromatic carbocycles. The van der Waals surface area contributed by atoms with Crippen molar-refractivity contribution in [3.8, 4) is 0 Å². The van der Waals surface area contributed by atoms with Crippen molar-refractivity contribution >= 4 is 0 Å². The third kappa shape index (κ3) is 4.61. The average molecular weight is 265 g/mol. The van der Waals surface area contributed by atoms with Gasteiger partial charge in [0.25, 0.3) is 0 Å². The van der Waals surface area contributed by atoms with Crippen molar-refractivity contribution in [2.75, 3.05) is 13.7 Å². The molecular formula is C17H31NO. The predicted molar refractivity (Wildman–Crippen MR) is 81.4 cm³/mol. The summed E-state index contributed by atoms with van der Waals surface area (Å²) < 4.78 is 5.86. The van der Waals surface area contributed by atoms with E-state index in [9.17, 15) is 0 Å². The van der Waals surface area contributed by atoms with Crippen molar-refractivity contribution in [3.63, 3.8) is 0 Å². The van der Waals surface area contributed by atoms with Gasteiger partial charge in [-0.15, -0.1) is 0 Å². The van der Waals surface area contributed by atoms with Crippen molar-refractivity contribution in [1.82, 2.24) is 5.32 Å². The lowest BCUT2D eigenvalue weighted by atomic mass is 9.90. The Bertz CT molecular complexity index is 283. The summed E-state index contributed by atoms with van der Waals surface area (Å²) in [6.45, 7) is 3.35. The van der Waals surface area contributed by atoms with Gasteiger partial charge in [0.1, 0.15) is 0 Å². The van der Waals surface area contributed by atoms with Crippen LogP contribution in [0.15, 0.2) is 11.6 Å². The van der Waals surface area contributed by atoms with E-state index in [1.54, 1.807) is 5.57 Å². The molecule has 0 aliphatic heterocycles. The van der Waals surface area contributed by atoms with Crippen LogP contribution in [0.1, 0.15) is 64.7 Å². The number of hydrogen-bond donors (Lipinski definition) is 1. The number of methoxy groups -OCH3 is 1. The van der Waals surface area contributed by atoms with Gasteiger partial charge in [-0.05, 0) is 57.4 Å². The highest BCUT2D eigenvalue weighted by molar-refractivity contribution is 5.16. The largest absolute Gasteiger partial charge is 0.379 e. The van der Waals surface area contributed by atoms with Crippen LogP contribution >= 0.6 is 0 Å². The number of ether oxygens (including phenoxy) is 1. The Morgan fingerprint density at radius 1 is 1.26 bits per heavy atom. The topological polar surface area (TPSA) is 21.3 Å². The molecule has 2 aliphatic carbocycles. The summed E-state index contributed by atoms with van der Waals surface area (Å²) in [5, 5.41) is 3.77. The van der Waals surface area contributed by atoms with Gasteiger partial charge in [-0.3, -0.25) is 0 Å². The highest BCUT2D eigenvalue weighted by Gasteiger charge is 2.37. The Labute approximate surface area is 119 Å². The van der Waals surface area contributed by atoms with Crippen LogP contribution in [0.2, 0.25) is 0 Å². The third-order valence-electron chi connectivity index (χ3n) is 4.53. The molecule has 2 aliphatic rings. The lowest BCUT2D eigenvalue weighted by Crippen LogP contribution is -2.44. The van der Waals surface area contributed by atoms with Crippen LogP contribution in [0, 0.1) is 5.92 Å². The highest BCUT2D eigenvalue weighted by Crippen LogP contribution is 2.38. The minimum absolute atomic E-state index is 0.400. The van der Waals surface area contributed by atoms with E-state index in [-0.39, 0.29) is 0 Å². The van der Waals surface area contributed by atoms with Gasteiger partial charge in [-0.2, -0.15) is 0 Å². The molecule has 0 spiro atoms. The summed E-state index contributed by atoms with van der Waals surface area (Å²) >= 11 is 0. The maximum Gasteiger partial charge on any atom is 0.0790 e. The molecule has 0 radical (unpaired) electrons. The monoisotopic (exact) mass is 265 g/mol. The van der Waals surface area contributed by atoms with E-state index in [0.717, 1.165) is 12.5 Å². The van der Waals surface area contributed by atoms with Crippen molar-refractivity contribution in [3.05, 3.63) is 11.6 Å². The molecule has 2 nitrogen and oxygen atoms in total. The smallest absolute Gasteiger partial charge is 0.0790 e. The fourth-order valence-electron chi connectivity index (χ4n) is 3.28. The second-order valence-electron chi connectivity index (χ2n) is 6.20. The minimum atomic E-state index is 0.400. The summed E-state index contributed by atoms with van der Waals surface area (Å²) in [4.78, 5) is 0. The van der Waals surface area contributed by atoms with Crippen molar-refractivity contribution in [2.24, 2.45) is 5.92 Å². The SMILES string of the molecule is CCCNC(C1=CCCCCCC1)C(OC)C1CC1. The molecule has 1 N–H and O–H groups in total. The van der Waals surface area contributed by atoms with Gasteiger partial charge >= 0.3 is 0 Å². The molecule has 0 bridgehead atoms. The van der Waals surface area contributed by atoms with Gasteiger partial charge in [-0.25, -0.2) is 0 Å². The van der Waals surface area contributed by atoms with Gasteiger partial charge in [-0.1, -0.05) is 31.4 Å². The van der Waals surface area contributed by atoms with Crippen LogP contribution in [0.3, 0.4) is 0 Å². The highest BCUT2D eigenvalue weighted by atomic mass is 16.5. The van der Waals surface area contributed by atoms with Crippen LogP contribution in [0.4, 0.5) is 0 Å². The lowest BCUT2D eigenvalue weighted by Gasteiger charge is -2.30. The molecule has 0 saturated heterocycles. The van der Waals surface area contributed by atoms with E-state index < -0.39 is 0 Å². The van der Waals surface area contributed by atoms with Crippen LogP contribution in [-0.4, -0.2) is 25.8 Å². The van der Waals surface area contributed by atoms with E-state index in [1.165, 1.54) is 57.8 Å². The molecule has 110 valence electrons. The molecule has 19 heavy (non-hydrogen) atoms. The van der Waals surface area contributed by atoms with Gasteiger partial charge in [0.05, 0.1) is 12.1 Å². The summed E-state index contributed by atoms with van der Waals surface area (Å²) in [5.41, 5.74) is 1.63. The Balaban J connectivity index is 2.04. The molecule has 0 amide bonds. The van der Waals surface area contributed by atoms with E-state index in [1.807, 2.05) is 7.11 Å². The van der Waals surface area contributed by atoms with E-state index in [4.69, 9.17) is 4.74 Å². The number of allylic oxidation sites excluding steroid dienone is 1. The summed E-state index contributed by atoms with van der Waals surface area (Å²) in [5.74, 6) is 0.797.